The van der Waals surface area contributed by atoms with Crippen LogP contribution in [-0.2, 0) is 0 Å². The van der Waals surface area contributed by atoms with Gasteiger partial charge in [0.1, 0.15) is 5.75 Å². The van der Waals surface area contributed by atoms with E-state index in [1.807, 2.05) is 0 Å². The lowest BCUT2D eigenvalue weighted by molar-refractivity contribution is -0.386. The lowest BCUT2D eigenvalue weighted by Gasteiger charge is -2.05. The molecule has 0 aliphatic heterocycles. The van der Waals surface area contributed by atoms with Crippen LogP contribution in [0.25, 0.3) is 0 Å². The lowest BCUT2D eigenvalue weighted by atomic mass is 10.3. The fourth-order valence-corrected chi connectivity index (χ4v) is 1.63. The van der Waals surface area contributed by atoms with Crippen molar-refractivity contribution < 1.29 is 9.66 Å². The van der Waals surface area contributed by atoms with Gasteiger partial charge in [0.25, 0.3) is 5.88 Å². The van der Waals surface area contributed by atoms with Crippen molar-refractivity contribution in [2.75, 3.05) is 5.73 Å². The summed E-state index contributed by atoms with van der Waals surface area (Å²) in [7, 11) is 0. The van der Waals surface area contributed by atoms with Crippen LogP contribution >= 0.6 is 15.9 Å². The standard InChI is InChI=1S/C11H8BrN3O3/c12-7-4-10(15(16)17)11(14-6-7)18-9-3-1-2-8(13)5-9/h1-6H,13H2. The van der Waals surface area contributed by atoms with Gasteiger partial charge in [-0.05, 0) is 28.1 Å². The highest BCUT2D eigenvalue weighted by Gasteiger charge is 2.18. The number of ether oxygens (including phenoxy) is 1. The molecule has 92 valence electrons. The van der Waals surface area contributed by atoms with E-state index in [0.717, 1.165) is 0 Å². The first-order chi connectivity index (χ1) is 8.56. The second-order valence-electron chi connectivity index (χ2n) is 3.41. The number of benzene rings is 1. The summed E-state index contributed by atoms with van der Waals surface area (Å²) < 4.78 is 5.86. The van der Waals surface area contributed by atoms with E-state index in [0.29, 0.717) is 15.9 Å². The topological polar surface area (TPSA) is 91.3 Å². The van der Waals surface area contributed by atoms with Crippen molar-refractivity contribution in [3.63, 3.8) is 0 Å². The van der Waals surface area contributed by atoms with Crippen molar-refractivity contribution in [1.29, 1.82) is 0 Å². The van der Waals surface area contributed by atoms with E-state index in [2.05, 4.69) is 20.9 Å². The van der Waals surface area contributed by atoms with Crippen molar-refractivity contribution in [3.8, 4) is 11.6 Å². The zero-order valence-corrected chi connectivity index (χ0v) is 10.6. The minimum atomic E-state index is -0.556. The number of nitrogens with zero attached hydrogens (tertiary/aromatic N) is 2. The van der Waals surface area contributed by atoms with Gasteiger partial charge in [0, 0.05) is 28.5 Å². The SMILES string of the molecule is Nc1cccc(Oc2ncc(Br)cc2[N+](=O)[O-])c1. The number of nitrogens with two attached hydrogens (primary N) is 1. The van der Waals surface area contributed by atoms with Crippen molar-refractivity contribution in [1.82, 2.24) is 4.98 Å². The largest absolute Gasteiger partial charge is 0.434 e. The maximum Gasteiger partial charge on any atom is 0.332 e. The average molecular weight is 310 g/mol. The Hall–Kier alpha value is -2.15. The molecule has 0 saturated carbocycles. The summed E-state index contributed by atoms with van der Waals surface area (Å²) in [4.78, 5) is 14.2. The zero-order chi connectivity index (χ0) is 13.1. The van der Waals surface area contributed by atoms with Crippen LogP contribution in [0.2, 0.25) is 0 Å². The maximum atomic E-state index is 10.9. The van der Waals surface area contributed by atoms with Gasteiger partial charge in [-0.25, -0.2) is 4.98 Å². The van der Waals surface area contributed by atoms with E-state index in [9.17, 15) is 10.1 Å². The Morgan fingerprint density at radius 3 is 2.83 bits per heavy atom. The first-order valence-corrected chi connectivity index (χ1v) is 5.69. The van der Waals surface area contributed by atoms with Crippen LogP contribution in [0, 0.1) is 10.1 Å². The number of nitro groups is 1. The van der Waals surface area contributed by atoms with Crippen LogP contribution in [0.3, 0.4) is 0 Å². The van der Waals surface area contributed by atoms with Crippen LogP contribution in [0.5, 0.6) is 11.6 Å². The molecule has 18 heavy (non-hydrogen) atoms. The molecule has 0 unspecified atom stereocenters. The molecule has 7 heteroatoms. The third-order valence-electron chi connectivity index (χ3n) is 2.07. The summed E-state index contributed by atoms with van der Waals surface area (Å²) in [5.41, 5.74) is 5.88. The normalized spacial score (nSPS) is 10.1. The Balaban J connectivity index is 2.37. The molecule has 0 radical (unpaired) electrons. The lowest BCUT2D eigenvalue weighted by Crippen LogP contribution is -1.96. The van der Waals surface area contributed by atoms with Crippen LogP contribution in [0.15, 0.2) is 41.0 Å². The predicted molar refractivity (Wildman–Crippen MR) is 69.5 cm³/mol. The van der Waals surface area contributed by atoms with E-state index in [-0.39, 0.29) is 11.6 Å². The number of nitrogen functional groups attached to an aromatic ring is 1. The first kappa shape index (κ1) is 12.3. The number of aromatic nitrogens is 1. The van der Waals surface area contributed by atoms with E-state index >= 15 is 0 Å². The molecule has 0 atom stereocenters. The van der Waals surface area contributed by atoms with Gasteiger partial charge in [-0.15, -0.1) is 0 Å². The van der Waals surface area contributed by atoms with E-state index < -0.39 is 4.92 Å². The molecule has 2 N–H and O–H groups in total. The van der Waals surface area contributed by atoms with E-state index in [4.69, 9.17) is 10.5 Å². The molecule has 1 aromatic carbocycles. The summed E-state index contributed by atoms with van der Waals surface area (Å²) in [5, 5.41) is 10.9. The Labute approximate surface area is 111 Å². The Kier molecular flexibility index (Phi) is 3.42. The fraction of sp³-hybridized carbons (Fsp3) is 0. The maximum absolute atomic E-state index is 10.9. The van der Waals surface area contributed by atoms with Gasteiger partial charge < -0.3 is 10.5 Å². The minimum absolute atomic E-state index is 0.0752. The smallest absolute Gasteiger partial charge is 0.332 e. The molecule has 0 saturated heterocycles. The molecule has 0 amide bonds. The molecule has 2 aromatic rings. The highest BCUT2D eigenvalue weighted by atomic mass is 79.9. The molecule has 6 nitrogen and oxygen atoms in total. The Bertz CT molecular complexity index is 604. The van der Waals surface area contributed by atoms with E-state index in [1.165, 1.54) is 12.3 Å². The second kappa shape index (κ2) is 5.01. The fourth-order valence-electron chi connectivity index (χ4n) is 1.32. The van der Waals surface area contributed by atoms with Gasteiger partial charge in [-0.3, -0.25) is 10.1 Å². The number of anilines is 1. The predicted octanol–water partition coefficient (Wildman–Crippen LogP) is 3.13. The summed E-state index contributed by atoms with van der Waals surface area (Å²) in [6, 6.07) is 7.91. The minimum Gasteiger partial charge on any atom is -0.434 e. The molecular formula is C11H8BrN3O3. The Morgan fingerprint density at radius 2 is 2.17 bits per heavy atom. The highest BCUT2D eigenvalue weighted by Crippen LogP contribution is 2.31. The quantitative estimate of drug-likeness (QED) is 0.534. The molecule has 0 bridgehead atoms. The first-order valence-electron chi connectivity index (χ1n) is 4.89. The summed E-state index contributed by atoms with van der Waals surface area (Å²) in [6.45, 7) is 0. The molecule has 0 aliphatic rings. The van der Waals surface area contributed by atoms with Crippen LogP contribution in [0.4, 0.5) is 11.4 Å². The van der Waals surface area contributed by atoms with Crippen LogP contribution in [-0.4, -0.2) is 9.91 Å². The summed E-state index contributed by atoms with van der Waals surface area (Å²) in [5.74, 6) is 0.321. The summed E-state index contributed by atoms with van der Waals surface area (Å²) >= 11 is 3.12. The van der Waals surface area contributed by atoms with Gasteiger partial charge in [0.2, 0.25) is 0 Å². The van der Waals surface area contributed by atoms with Gasteiger partial charge in [0.05, 0.1) is 4.92 Å². The van der Waals surface area contributed by atoms with Gasteiger partial charge in [-0.2, -0.15) is 0 Å². The number of pyridine rings is 1. The van der Waals surface area contributed by atoms with Crippen molar-refractivity contribution in [3.05, 3.63) is 51.1 Å². The molecule has 0 aliphatic carbocycles. The molecule has 2 rings (SSSR count). The molecule has 1 aromatic heterocycles. The Morgan fingerprint density at radius 1 is 1.39 bits per heavy atom. The van der Waals surface area contributed by atoms with Gasteiger partial charge in [-0.1, -0.05) is 6.07 Å². The van der Waals surface area contributed by atoms with Crippen LogP contribution in [0.1, 0.15) is 0 Å². The second-order valence-corrected chi connectivity index (χ2v) is 4.33. The third-order valence-corrected chi connectivity index (χ3v) is 2.50. The number of halogens is 1. The molecule has 0 spiro atoms. The molecule has 0 fully saturated rings. The number of hydrogen-bond donors (Lipinski definition) is 1. The van der Waals surface area contributed by atoms with E-state index in [1.54, 1.807) is 24.3 Å². The van der Waals surface area contributed by atoms with Crippen molar-refractivity contribution in [2.24, 2.45) is 0 Å². The van der Waals surface area contributed by atoms with Gasteiger partial charge >= 0.3 is 5.69 Å². The monoisotopic (exact) mass is 309 g/mol. The number of hydrogen-bond acceptors (Lipinski definition) is 5. The molecular weight excluding hydrogens is 302 g/mol. The zero-order valence-electron chi connectivity index (χ0n) is 9.04. The molecule has 1 heterocycles. The third kappa shape index (κ3) is 2.75. The van der Waals surface area contributed by atoms with Crippen LogP contribution < -0.4 is 10.5 Å². The van der Waals surface area contributed by atoms with Crippen molar-refractivity contribution >= 4 is 27.3 Å². The summed E-state index contributed by atoms with van der Waals surface area (Å²) in [6.07, 6.45) is 1.43. The van der Waals surface area contributed by atoms with Crippen molar-refractivity contribution in [2.45, 2.75) is 0 Å². The average Bonchev–Trinajstić information content (AvgIpc) is 2.31. The number of rotatable bonds is 3. The highest BCUT2D eigenvalue weighted by molar-refractivity contribution is 9.10. The van der Waals surface area contributed by atoms with Gasteiger partial charge in [0.15, 0.2) is 0 Å².